The molecule has 0 spiro atoms. The van der Waals surface area contributed by atoms with Crippen molar-refractivity contribution in [2.24, 2.45) is 5.92 Å². The van der Waals surface area contributed by atoms with E-state index in [9.17, 15) is 0 Å². The molecule has 1 aliphatic heterocycles. The molecule has 0 radical (unpaired) electrons. The van der Waals surface area contributed by atoms with Gasteiger partial charge in [0.05, 0.1) is 5.39 Å². The van der Waals surface area contributed by atoms with Crippen LogP contribution in [0, 0.1) is 5.92 Å². The van der Waals surface area contributed by atoms with Crippen LogP contribution in [0.2, 0.25) is 0 Å². The Morgan fingerprint density at radius 1 is 1.39 bits per heavy atom. The summed E-state index contributed by atoms with van der Waals surface area (Å²) in [6.45, 7) is 4.35. The fourth-order valence-electron chi connectivity index (χ4n) is 2.65. The number of anilines is 1. The van der Waals surface area contributed by atoms with Crippen molar-refractivity contribution in [1.82, 2.24) is 20.3 Å². The smallest absolute Gasteiger partial charge is 0.143 e. The summed E-state index contributed by atoms with van der Waals surface area (Å²) in [5.41, 5.74) is 0.919. The second kappa shape index (κ2) is 4.57. The first-order valence-electron chi connectivity index (χ1n) is 6.53. The fraction of sp³-hybridized carbons (Fsp3) is 0.538. The van der Waals surface area contributed by atoms with Crippen LogP contribution >= 0.6 is 0 Å². The highest BCUT2D eigenvalue weighted by atomic mass is 15.1. The van der Waals surface area contributed by atoms with E-state index in [-0.39, 0.29) is 0 Å². The number of fused-ring (bicyclic) bond motifs is 1. The Labute approximate surface area is 106 Å². The van der Waals surface area contributed by atoms with Crippen LogP contribution in [0.4, 0.5) is 5.82 Å². The number of aromatic amines is 1. The van der Waals surface area contributed by atoms with E-state index in [0.29, 0.717) is 11.8 Å². The van der Waals surface area contributed by atoms with Gasteiger partial charge in [-0.1, -0.05) is 6.92 Å². The normalized spacial score (nSPS) is 24.3. The van der Waals surface area contributed by atoms with Gasteiger partial charge in [0.25, 0.3) is 0 Å². The number of aromatic nitrogens is 3. The van der Waals surface area contributed by atoms with E-state index in [4.69, 9.17) is 0 Å². The zero-order chi connectivity index (χ0) is 12.5. The molecule has 3 heterocycles. The van der Waals surface area contributed by atoms with Crippen LogP contribution in [0.5, 0.6) is 0 Å². The van der Waals surface area contributed by atoms with Crippen LogP contribution in [-0.2, 0) is 0 Å². The van der Waals surface area contributed by atoms with Gasteiger partial charge in [0, 0.05) is 25.7 Å². The molecule has 1 aliphatic rings. The maximum Gasteiger partial charge on any atom is 0.143 e. The number of H-pyrrole nitrogens is 1. The van der Waals surface area contributed by atoms with Gasteiger partial charge in [0.15, 0.2) is 0 Å². The van der Waals surface area contributed by atoms with Crippen molar-refractivity contribution in [1.29, 1.82) is 0 Å². The highest BCUT2D eigenvalue weighted by Gasteiger charge is 2.26. The maximum atomic E-state index is 4.68. The number of hydrogen-bond donors (Lipinski definition) is 3. The van der Waals surface area contributed by atoms with Crippen LogP contribution in [0.15, 0.2) is 12.3 Å². The van der Waals surface area contributed by atoms with Gasteiger partial charge in [-0.25, -0.2) is 9.97 Å². The number of rotatable bonds is 2. The van der Waals surface area contributed by atoms with Crippen LogP contribution in [-0.4, -0.2) is 35.1 Å². The first-order valence-corrected chi connectivity index (χ1v) is 6.53. The number of hydrogen-bond acceptors (Lipinski definition) is 4. The lowest BCUT2D eigenvalue weighted by molar-refractivity contribution is 0.338. The summed E-state index contributed by atoms with van der Waals surface area (Å²) in [5.74, 6) is 2.88. The lowest BCUT2D eigenvalue weighted by atomic mass is 9.87. The van der Waals surface area contributed by atoms with E-state index in [2.05, 4.69) is 32.5 Å². The summed E-state index contributed by atoms with van der Waals surface area (Å²) in [6.07, 6.45) is 3.10. The van der Waals surface area contributed by atoms with Gasteiger partial charge in [0.1, 0.15) is 17.3 Å². The third kappa shape index (κ3) is 1.84. The van der Waals surface area contributed by atoms with Crippen molar-refractivity contribution < 1.29 is 0 Å². The molecule has 96 valence electrons. The molecule has 1 saturated heterocycles. The molecule has 0 bridgehead atoms. The first-order chi connectivity index (χ1) is 8.79. The molecule has 3 rings (SSSR count). The number of nitrogens with one attached hydrogen (secondary N) is 3. The summed E-state index contributed by atoms with van der Waals surface area (Å²) in [6, 6.07) is 2.01. The van der Waals surface area contributed by atoms with E-state index in [1.807, 2.05) is 19.3 Å². The second-order valence-electron chi connectivity index (χ2n) is 5.00. The zero-order valence-corrected chi connectivity index (χ0v) is 10.8. The molecular formula is C13H19N5. The topological polar surface area (TPSA) is 65.6 Å². The summed E-state index contributed by atoms with van der Waals surface area (Å²) in [4.78, 5) is 12.5. The monoisotopic (exact) mass is 245 g/mol. The number of piperidine rings is 1. The van der Waals surface area contributed by atoms with Gasteiger partial charge in [-0.05, 0) is 24.9 Å². The van der Waals surface area contributed by atoms with E-state index < -0.39 is 0 Å². The zero-order valence-electron chi connectivity index (χ0n) is 10.8. The maximum absolute atomic E-state index is 4.68. The molecule has 0 amide bonds. The molecule has 2 atom stereocenters. The third-order valence-corrected chi connectivity index (χ3v) is 3.83. The van der Waals surface area contributed by atoms with Gasteiger partial charge in [-0.3, -0.25) is 0 Å². The van der Waals surface area contributed by atoms with Crippen LogP contribution in [0.1, 0.15) is 25.1 Å². The van der Waals surface area contributed by atoms with Crippen molar-refractivity contribution >= 4 is 16.9 Å². The standard InChI is InChI=1S/C13H19N5/c1-8-3-5-15-7-10(8)13-17-11(14-2)9-4-6-16-12(9)18-13/h4,6,8,10,15H,3,5,7H2,1-2H3,(H2,14,16,17,18)/t8-,10+/m0/s1. The molecule has 5 heteroatoms. The minimum absolute atomic E-state index is 0.401. The highest BCUT2D eigenvalue weighted by molar-refractivity contribution is 5.86. The molecule has 5 nitrogen and oxygen atoms in total. The lowest BCUT2D eigenvalue weighted by Crippen LogP contribution is -2.34. The van der Waals surface area contributed by atoms with Crippen LogP contribution < -0.4 is 10.6 Å². The van der Waals surface area contributed by atoms with Crippen molar-refractivity contribution in [2.45, 2.75) is 19.3 Å². The molecule has 3 N–H and O–H groups in total. The van der Waals surface area contributed by atoms with Gasteiger partial charge in [-0.15, -0.1) is 0 Å². The number of nitrogens with zero attached hydrogens (tertiary/aromatic N) is 2. The third-order valence-electron chi connectivity index (χ3n) is 3.83. The molecule has 1 fully saturated rings. The Morgan fingerprint density at radius 3 is 3.06 bits per heavy atom. The van der Waals surface area contributed by atoms with E-state index in [1.165, 1.54) is 6.42 Å². The van der Waals surface area contributed by atoms with Gasteiger partial charge >= 0.3 is 0 Å². The highest BCUT2D eigenvalue weighted by Crippen LogP contribution is 2.29. The van der Waals surface area contributed by atoms with E-state index >= 15 is 0 Å². The van der Waals surface area contributed by atoms with Crippen LogP contribution in [0.25, 0.3) is 11.0 Å². The molecule has 0 saturated carbocycles. The fourth-order valence-corrected chi connectivity index (χ4v) is 2.65. The minimum Gasteiger partial charge on any atom is -0.372 e. The van der Waals surface area contributed by atoms with Crippen LogP contribution in [0.3, 0.4) is 0 Å². The Balaban J connectivity index is 2.05. The molecule has 2 aromatic heterocycles. The Bertz CT molecular complexity index is 547. The average Bonchev–Trinajstić information content (AvgIpc) is 2.86. The molecule has 18 heavy (non-hydrogen) atoms. The van der Waals surface area contributed by atoms with Crippen molar-refractivity contribution in [3.63, 3.8) is 0 Å². The van der Waals surface area contributed by atoms with Crippen molar-refractivity contribution in [3.05, 3.63) is 18.1 Å². The summed E-state index contributed by atoms with van der Waals surface area (Å²) >= 11 is 0. The lowest BCUT2D eigenvalue weighted by Gasteiger charge is -2.28. The molecule has 0 aliphatic carbocycles. The van der Waals surface area contributed by atoms with Crippen molar-refractivity contribution in [3.8, 4) is 0 Å². The average molecular weight is 245 g/mol. The first kappa shape index (κ1) is 11.5. The predicted molar refractivity (Wildman–Crippen MR) is 72.8 cm³/mol. The molecule has 0 aromatic carbocycles. The quantitative estimate of drug-likeness (QED) is 0.753. The minimum atomic E-state index is 0.401. The Morgan fingerprint density at radius 2 is 2.28 bits per heavy atom. The summed E-state index contributed by atoms with van der Waals surface area (Å²) in [7, 11) is 1.90. The Kier molecular flexibility index (Phi) is 2.91. The second-order valence-corrected chi connectivity index (χ2v) is 5.00. The molecule has 2 aromatic rings. The largest absolute Gasteiger partial charge is 0.372 e. The summed E-state index contributed by atoms with van der Waals surface area (Å²) < 4.78 is 0. The summed E-state index contributed by atoms with van der Waals surface area (Å²) in [5, 5.41) is 7.64. The van der Waals surface area contributed by atoms with E-state index in [1.54, 1.807) is 0 Å². The van der Waals surface area contributed by atoms with E-state index in [0.717, 1.165) is 35.8 Å². The molecule has 0 unspecified atom stereocenters. The SMILES string of the molecule is CNc1nc([C@@H]2CNCC[C@@H]2C)nc2[nH]ccc12. The Hall–Kier alpha value is -1.62. The predicted octanol–water partition coefficient (Wildman–Crippen LogP) is 1.71. The molecular weight excluding hydrogens is 226 g/mol. The van der Waals surface area contributed by atoms with Gasteiger partial charge in [-0.2, -0.15) is 0 Å². The van der Waals surface area contributed by atoms with Crippen molar-refractivity contribution in [2.75, 3.05) is 25.5 Å². The van der Waals surface area contributed by atoms with Gasteiger partial charge in [0.2, 0.25) is 0 Å². The van der Waals surface area contributed by atoms with Gasteiger partial charge < -0.3 is 15.6 Å².